The summed E-state index contributed by atoms with van der Waals surface area (Å²) in [5, 5.41) is 13.7. The topological polar surface area (TPSA) is 49.4 Å². The van der Waals surface area contributed by atoms with Crippen LogP contribution in [0.2, 0.25) is 5.02 Å². The van der Waals surface area contributed by atoms with Crippen molar-refractivity contribution < 1.29 is 19.0 Å². The lowest BCUT2D eigenvalue weighted by Crippen LogP contribution is -2.22. The van der Waals surface area contributed by atoms with Crippen molar-refractivity contribution in [3.05, 3.63) is 99.6 Å². The van der Waals surface area contributed by atoms with Crippen molar-refractivity contribution in [2.75, 3.05) is 0 Å². The third-order valence-electron chi connectivity index (χ3n) is 4.91. The Morgan fingerprint density at radius 3 is 2.48 bits per heavy atom. The first kappa shape index (κ1) is 21.1. The first-order valence-corrected chi connectivity index (χ1v) is 10.7. The van der Waals surface area contributed by atoms with Gasteiger partial charge < -0.3 is 14.6 Å². The number of hydrogen-bond acceptors (Lipinski definition) is 4. The zero-order chi connectivity index (χ0) is 22.0. The molecule has 31 heavy (non-hydrogen) atoms. The van der Waals surface area contributed by atoms with Crippen molar-refractivity contribution in [1.29, 1.82) is 0 Å². The highest BCUT2D eigenvalue weighted by molar-refractivity contribution is 7.14. The van der Waals surface area contributed by atoms with E-state index in [1.54, 1.807) is 47.7 Å². The third kappa shape index (κ3) is 4.63. The molecule has 0 spiro atoms. The lowest BCUT2D eigenvalue weighted by atomic mass is 9.98. The van der Waals surface area contributed by atoms with Gasteiger partial charge in [-0.05, 0) is 77.0 Å². The zero-order valence-corrected chi connectivity index (χ0v) is 18.1. The molecule has 3 nitrogen and oxygen atoms in total. The molecule has 0 atom stereocenters. The standard InChI is InChI=1S/C25H18ClFO3S/c1-15-12-17(25(28)29)4-8-20(15)24-21(10-11-31-24)22-13-18(26)5-9-23(22)30-14-16-2-6-19(27)7-3-16/h2-13H,14H2,1H3,(H,28,29)/p-1. The van der Waals surface area contributed by atoms with Crippen molar-refractivity contribution in [2.45, 2.75) is 13.5 Å². The van der Waals surface area contributed by atoms with Crippen molar-refractivity contribution >= 4 is 28.9 Å². The van der Waals surface area contributed by atoms with Gasteiger partial charge in [0.15, 0.2) is 0 Å². The van der Waals surface area contributed by atoms with Crippen LogP contribution in [-0.2, 0) is 6.61 Å². The van der Waals surface area contributed by atoms with Gasteiger partial charge in [0, 0.05) is 21.0 Å². The Balaban J connectivity index is 1.71. The van der Waals surface area contributed by atoms with Crippen LogP contribution in [0.15, 0.2) is 72.1 Å². The van der Waals surface area contributed by atoms with E-state index in [0.717, 1.165) is 32.7 Å². The number of aryl methyl sites for hydroxylation is 1. The highest BCUT2D eigenvalue weighted by Crippen LogP contribution is 2.43. The minimum absolute atomic E-state index is 0.144. The van der Waals surface area contributed by atoms with Crippen molar-refractivity contribution in [3.63, 3.8) is 0 Å². The maximum absolute atomic E-state index is 13.2. The molecule has 0 saturated carbocycles. The molecule has 0 saturated heterocycles. The van der Waals surface area contributed by atoms with E-state index in [-0.39, 0.29) is 18.0 Å². The molecule has 0 aliphatic rings. The predicted octanol–water partition coefficient (Wildman–Crippen LogP) is 6.13. The highest BCUT2D eigenvalue weighted by Gasteiger charge is 2.16. The maximum Gasteiger partial charge on any atom is 0.127 e. The summed E-state index contributed by atoms with van der Waals surface area (Å²) in [6, 6.07) is 18.5. The minimum Gasteiger partial charge on any atom is -0.545 e. The molecular formula is C25H17ClFO3S-. The van der Waals surface area contributed by atoms with Gasteiger partial charge in [0.2, 0.25) is 0 Å². The second kappa shape index (κ2) is 8.92. The van der Waals surface area contributed by atoms with Crippen molar-refractivity contribution in [1.82, 2.24) is 0 Å². The SMILES string of the molecule is Cc1cc(C(=O)[O-])ccc1-c1sccc1-c1cc(Cl)ccc1OCc1ccc(F)cc1. The largest absolute Gasteiger partial charge is 0.545 e. The molecule has 3 aromatic carbocycles. The molecule has 0 fully saturated rings. The molecule has 0 radical (unpaired) electrons. The number of carboxylic acids is 1. The van der Waals surface area contributed by atoms with Crippen LogP contribution in [-0.4, -0.2) is 5.97 Å². The van der Waals surface area contributed by atoms with E-state index >= 15 is 0 Å². The summed E-state index contributed by atoms with van der Waals surface area (Å²) in [5.41, 5.74) is 4.52. The first-order valence-electron chi connectivity index (χ1n) is 9.49. The Hall–Kier alpha value is -3.15. The van der Waals surface area contributed by atoms with Crippen LogP contribution in [0.25, 0.3) is 21.6 Å². The van der Waals surface area contributed by atoms with Gasteiger partial charge in [-0.15, -0.1) is 11.3 Å². The molecule has 0 unspecified atom stereocenters. The van der Waals surface area contributed by atoms with Gasteiger partial charge in [0.25, 0.3) is 0 Å². The number of ether oxygens (including phenoxy) is 1. The van der Waals surface area contributed by atoms with E-state index in [4.69, 9.17) is 16.3 Å². The molecule has 1 heterocycles. The number of carboxylic acid groups (broad SMARTS) is 1. The van der Waals surface area contributed by atoms with E-state index in [1.165, 1.54) is 12.1 Å². The fourth-order valence-corrected chi connectivity index (χ4v) is 4.53. The molecule has 0 amide bonds. The Labute approximate surface area is 188 Å². The van der Waals surface area contributed by atoms with Crippen LogP contribution in [0, 0.1) is 12.7 Å². The average molecular weight is 452 g/mol. The van der Waals surface area contributed by atoms with Gasteiger partial charge in [-0.2, -0.15) is 0 Å². The number of benzene rings is 3. The van der Waals surface area contributed by atoms with Gasteiger partial charge in [0.1, 0.15) is 18.2 Å². The smallest absolute Gasteiger partial charge is 0.127 e. The molecule has 4 aromatic rings. The molecule has 1 aromatic heterocycles. The Bertz CT molecular complexity index is 1250. The minimum atomic E-state index is -1.20. The number of carbonyl (C=O) groups excluding carboxylic acids is 1. The second-order valence-corrected chi connectivity index (χ2v) is 8.39. The molecule has 0 bridgehead atoms. The van der Waals surface area contributed by atoms with Gasteiger partial charge in [-0.3, -0.25) is 0 Å². The normalized spacial score (nSPS) is 10.8. The fourth-order valence-electron chi connectivity index (χ4n) is 3.36. The third-order valence-corrected chi connectivity index (χ3v) is 6.09. The molecular weight excluding hydrogens is 435 g/mol. The Kier molecular flexibility index (Phi) is 6.07. The van der Waals surface area contributed by atoms with Crippen LogP contribution >= 0.6 is 22.9 Å². The monoisotopic (exact) mass is 451 g/mol. The summed E-state index contributed by atoms with van der Waals surface area (Å²) in [5.74, 6) is -0.844. The quantitative estimate of drug-likeness (QED) is 0.354. The Morgan fingerprint density at radius 2 is 1.77 bits per heavy atom. The lowest BCUT2D eigenvalue weighted by molar-refractivity contribution is -0.255. The number of hydrogen-bond donors (Lipinski definition) is 0. The molecule has 0 aliphatic heterocycles. The van der Waals surface area contributed by atoms with E-state index < -0.39 is 5.97 Å². The molecule has 6 heteroatoms. The van der Waals surface area contributed by atoms with E-state index in [9.17, 15) is 14.3 Å². The van der Waals surface area contributed by atoms with Crippen LogP contribution < -0.4 is 9.84 Å². The molecule has 0 aliphatic carbocycles. The summed E-state index contributed by atoms with van der Waals surface area (Å²) in [6.45, 7) is 2.16. The zero-order valence-electron chi connectivity index (χ0n) is 16.5. The van der Waals surface area contributed by atoms with Crippen LogP contribution in [0.1, 0.15) is 21.5 Å². The number of thiophene rings is 1. The summed E-state index contributed by atoms with van der Waals surface area (Å²) in [6.07, 6.45) is 0. The van der Waals surface area contributed by atoms with Crippen LogP contribution in [0.3, 0.4) is 0 Å². The molecule has 156 valence electrons. The number of carbonyl (C=O) groups is 1. The number of aromatic carboxylic acids is 1. The predicted molar refractivity (Wildman–Crippen MR) is 120 cm³/mol. The van der Waals surface area contributed by atoms with E-state index in [2.05, 4.69) is 0 Å². The second-order valence-electron chi connectivity index (χ2n) is 7.04. The first-order chi connectivity index (χ1) is 14.9. The summed E-state index contributed by atoms with van der Waals surface area (Å²) < 4.78 is 19.2. The summed E-state index contributed by atoms with van der Waals surface area (Å²) in [4.78, 5) is 12.2. The number of halogens is 2. The number of rotatable bonds is 6. The summed E-state index contributed by atoms with van der Waals surface area (Å²) in [7, 11) is 0. The maximum atomic E-state index is 13.2. The lowest BCUT2D eigenvalue weighted by Gasteiger charge is -2.14. The van der Waals surface area contributed by atoms with E-state index in [1.807, 2.05) is 30.5 Å². The Morgan fingerprint density at radius 1 is 1.00 bits per heavy atom. The van der Waals surface area contributed by atoms with Crippen molar-refractivity contribution in [2.24, 2.45) is 0 Å². The highest BCUT2D eigenvalue weighted by atomic mass is 35.5. The van der Waals surface area contributed by atoms with Crippen LogP contribution in [0.5, 0.6) is 5.75 Å². The van der Waals surface area contributed by atoms with Gasteiger partial charge in [-0.25, -0.2) is 4.39 Å². The van der Waals surface area contributed by atoms with Crippen LogP contribution in [0.4, 0.5) is 4.39 Å². The van der Waals surface area contributed by atoms with Crippen molar-refractivity contribution in [3.8, 4) is 27.3 Å². The summed E-state index contributed by atoms with van der Waals surface area (Å²) >= 11 is 7.84. The average Bonchev–Trinajstić information content (AvgIpc) is 3.23. The van der Waals surface area contributed by atoms with E-state index in [0.29, 0.717) is 10.8 Å². The van der Waals surface area contributed by atoms with Gasteiger partial charge in [0.05, 0.1) is 5.97 Å². The molecule has 0 N–H and O–H groups in total. The molecule has 4 rings (SSSR count). The van der Waals surface area contributed by atoms with Gasteiger partial charge in [-0.1, -0.05) is 35.9 Å². The fraction of sp³-hybridized carbons (Fsp3) is 0.0800. The van der Waals surface area contributed by atoms with Gasteiger partial charge >= 0.3 is 0 Å².